The van der Waals surface area contributed by atoms with E-state index >= 15 is 0 Å². The molecule has 0 bridgehead atoms. The highest BCUT2D eigenvalue weighted by atomic mass is 16.4. The molecule has 1 aromatic carbocycles. The first-order valence-corrected chi connectivity index (χ1v) is 5.61. The normalized spacial score (nSPS) is 10.4. The number of benzene rings is 1. The first kappa shape index (κ1) is 14.2. The first-order chi connectivity index (χ1) is 8.40. The molecule has 1 amide bonds. The summed E-state index contributed by atoms with van der Waals surface area (Å²) in [5, 5.41) is 8.77. The van der Waals surface area contributed by atoms with Crippen molar-refractivity contribution in [3.63, 3.8) is 0 Å². The predicted octanol–water partition coefficient (Wildman–Crippen LogP) is 0.905. The fourth-order valence-corrected chi connectivity index (χ4v) is 1.51. The number of hydrogen-bond donors (Lipinski definition) is 1. The summed E-state index contributed by atoms with van der Waals surface area (Å²) in [5.74, 6) is -0.916. The molecule has 0 fully saturated rings. The van der Waals surface area contributed by atoms with Crippen molar-refractivity contribution < 1.29 is 14.7 Å². The number of aromatic carboxylic acids is 1. The maximum absolute atomic E-state index is 11.7. The zero-order chi connectivity index (χ0) is 13.7. The van der Waals surface area contributed by atoms with Crippen LogP contribution in [0.5, 0.6) is 0 Å². The van der Waals surface area contributed by atoms with Gasteiger partial charge in [0.25, 0.3) is 0 Å². The quantitative estimate of drug-likeness (QED) is 0.843. The molecule has 0 spiro atoms. The third-order valence-electron chi connectivity index (χ3n) is 2.50. The van der Waals surface area contributed by atoms with Crippen LogP contribution in [0.15, 0.2) is 24.3 Å². The molecule has 1 rings (SSSR count). The molecular weight excluding hydrogens is 232 g/mol. The average Bonchev–Trinajstić information content (AvgIpc) is 2.28. The van der Waals surface area contributed by atoms with E-state index in [2.05, 4.69) is 0 Å². The van der Waals surface area contributed by atoms with Gasteiger partial charge in [-0.05, 0) is 31.8 Å². The fraction of sp³-hybridized carbons (Fsp3) is 0.385. The van der Waals surface area contributed by atoms with Gasteiger partial charge in [-0.1, -0.05) is 12.1 Å². The third kappa shape index (κ3) is 4.18. The van der Waals surface area contributed by atoms with Crippen molar-refractivity contribution in [3.8, 4) is 0 Å². The smallest absolute Gasteiger partial charge is 0.335 e. The van der Waals surface area contributed by atoms with Gasteiger partial charge in [-0.2, -0.15) is 0 Å². The molecule has 0 aromatic heterocycles. The number of carboxylic acid groups (broad SMARTS) is 1. The number of nitrogens with zero attached hydrogens (tertiary/aromatic N) is 2. The van der Waals surface area contributed by atoms with E-state index < -0.39 is 5.97 Å². The lowest BCUT2D eigenvalue weighted by Crippen LogP contribution is -2.34. The number of hydrogen-bond acceptors (Lipinski definition) is 3. The molecule has 1 aromatic rings. The highest BCUT2D eigenvalue weighted by molar-refractivity contribution is 5.87. The van der Waals surface area contributed by atoms with Crippen molar-refractivity contribution >= 4 is 11.9 Å². The molecule has 5 nitrogen and oxygen atoms in total. The summed E-state index contributed by atoms with van der Waals surface area (Å²) in [5.41, 5.74) is 1.16. The lowest BCUT2D eigenvalue weighted by atomic mass is 10.1. The van der Waals surface area contributed by atoms with Gasteiger partial charge in [0.15, 0.2) is 0 Å². The molecule has 0 radical (unpaired) electrons. The Morgan fingerprint density at radius 3 is 2.11 bits per heavy atom. The Morgan fingerprint density at radius 2 is 1.67 bits per heavy atom. The second kappa shape index (κ2) is 6.16. The first-order valence-electron chi connectivity index (χ1n) is 5.61. The van der Waals surface area contributed by atoms with Crippen molar-refractivity contribution in [2.45, 2.75) is 6.54 Å². The van der Waals surface area contributed by atoms with Crippen LogP contribution in [-0.4, -0.2) is 54.5 Å². The molecule has 98 valence electrons. The van der Waals surface area contributed by atoms with Crippen molar-refractivity contribution in [2.75, 3.05) is 27.7 Å². The molecular formula is C13H18N2O3. The Bertz CT molecular complexity index is 426. The minimum atomic E-state index is -0.946. The van der Waals surface area contributed by atoms with Crippen LogP contribution in [0.3, 0.4) is 0 Å². The number of rotatable bonds is 5. The SMILES string of the molecule is CN(C)CC(=O)N(C)Cc1ccc(C(=O)O)cc1. The molecule has 0 aliphatic heterocycles. The van der Waals surface area contributed by atoms with Gasteiger partial charge in [0.1, 0.15) is 0 Å². The van der Waals surface area contributed by atoms with Crippen molar-refractivity contribution in [1.82, 2.24) is 9.80 Å². The second-order valence-electron chi connectivity index (χ2n) is 4.49. The zero-order valence-electron chi connectivity index (χ0n) is 10.9. The molecule has 0 heterocycles. The van der Waals surface area contributed by atoms with Gasteiger partial charge in [-0.3, -0.25) is 4.79 Å². The van der Waals surface area contributed by atoms with Crippen LogP contribution in [0.1, 0.15) is 15.9 Å². The second-order valence-corrected chi connectivity index (χ2v) is 4.49. The minimum Gasteiger partial charge on any atom is -0.478 e. The highest BCUT2D eigenvalue weighted by Crippen LogP contribution is 2.07. The van der Waals surface area contributed by atoms with E-state index in [0.717, 1.165) is 5.56 Å². The van der Waals surface area contributed by atoms with Crippen LogP contribution in [-0.2, 0) is 11.3 Å². The topological polar surface area (TPSA) is 60.9 Å². The Labute approximate surface area is 107 Å². The molecule has 0 aliphatic carbocycles. The summed E-state index contributed by atoms with van der Waals surface area (Å²) in [6.07, 6.45) is 0. The summed E-state index contributed by atoms with van der Waals surface area (Å²) >= 11 is 0. The maximum atomic E-state index is 11.7. The van der Waals surface area contributed by atoms with Crippen molar-refractivity contribution in [1.29, 1.82) is 0 Å². The van der Waals surface area contributed by atoms with Crippen LogP contribution < -0.4 is 0 Å². The molecule has 0 saturated carbocycles. The summed E-state index contributed by atoms with van der Waals surface area (Å²) in [4.78, 5) is 25.8. The van der Waals surface area contributed by atoms with Crippen LogP contribution in [0, 0.1) is 0 Å². The highest BCUT2D eigenvalue weighted by Gasteiger charge is 2.10. The van der Waals surface area contributed by atoms with Gasteiger partial charge in [0.2, 0.25) is 5.91 Å². The third-order valence-corrected chi connectivity index (χ3v) is 2.50. The van der Waals surface area contributed by atoms with Gasteiger partial charge in [0, 0.05) is 13.6 Å². The minimum absolute atomic E-state index is 0.0299. The number of carbonyl (C=O) groups excluding carboxylic acids is 1. The molecule has 0 atom stereocenters. The van der Waals surface area contributed by atoms with Crippen LogP contribution in [0.4, 0.5) is 0 Å². The average molecular weight is 250 g/mol. The van der Waals surface area contributed by atoms with E-state index in [1.54, 1.807) is 36.2 Å². The summed E-state index contributed by atoms with van der Waals surface area (Å²) in [6, 6.07) is 6.54. The van der Waals surface area contributed by atoms with Gasteiger partial charge in [-0.15, -0.1) is 0 Å². The Kier molecular flexibility index (Phi) is 4.85. The van der Waals surface area contributed by atoms with Crippen molar-refractivity contribution in [2.24, 2.45) is 0 Å². The Balaban J connectivity index is 2.61. The standard InChI is InChI=1S/C13H18N2O3/c1-14(2)9-12(16)15(3)8-10-4-6-11(7-5-10)13(17)18/h4-7H,8-9H2,1-3H3,(H,17,18). The van der Waals surface area contributed by atoms with Crippen LogP contribution in [0.25, 0.3) is 0 Å². The summed E-state index contributed by atoms with van der Waals surface area (Å²) < 4.78 is 0. The summed E-state index contributed by atoms with van der Waals surface area (Å²) in [7, 11) is 5.41. The maximum Gasteiger partial charge on any atom is 0.335 e. The van der Waals surface area contributed by atoms with E-state index in [0.29, 0.717) is 13.1 Å². The van der Waals surface area contributed by atoms with Gasteiger partial charge >= 0.3 is 5.97 Å². The molecule has 18 heavy (non-hydrogen) atoms. The number of carboxylic acids is 1. The monoisotopic (exact) mass is 250 g/mol. The Hall–Kier alpha value is -1.88. The Morgan fingerprint density at radius 1 is 1.11 bits per heavy atom. The molecule has 0 saturated heterocycles. The van der Waals surface area contributed by atoms with E-state index in [1.807, 2.05) is 19.0 Å². The van der Waals surface area contributed by atoms with Gasteiger partial charge < -0.3 is 14.9 Å². The van der Waals surface area contributed by atoms with Crippen molar-refractivity contribution in [3.05, 3.63) is 35.4 Å². The molecule has 0 aliphatic rings. The summed E-state index contributed by atoms with van der Waals surface area (Å²) in [6.45, 7) is 0.844. The van der Waals surface area contributed by atoms with Gasteiger partial charge in [-0.25, -0.2) is 4.79 Å². The lowest BCUT2D eigenvalue weighted by Gasteiger charge is -2.19. The number of likely N-dealkylation sites (N-methyl/N-ethyl adjacent to an activating group) is 2. The molecule has 1 N–H and O–H groups in total. The van der Waals surface area contributed by atoms with Crippen LogP contribution in [0.2, 0.25) is 0 Å². The predicted molar refractivity (Wildman–Crippen MR) is 68.4 cm³/mol. The van der Waals surface area contributed by atoms with Gasteiger partial charge in [0.05, 0.1) is 12.1 Å². The largest absolute Gasteiger partial charge is 0.478 e. The van der Waals surface area contributed by atoms with E-state index in [9.17, 15) is 9.59 Å². The lowest BCUT2D eigenvalue weighted by molar-refractivity contribution is -0.131. The van der Waals surface area contributed by atoms with E-state index in [4.69, 9.17) is 5.11 Å². The number of amides is 1. The van der Waals surface area contributed by atoms with E-state index in [-0.39, 0.29) is 11.5 Å². The molecule has 0 unspecified atom stereocenters. The van der Waals surface area contributed by atoms with Crippen LogP contribution >= 0.6 is 0 Å². The number of carbonyl (C=O) groups is 2. The van der Waals surface area contributed by atoms with E-state index in [1.165, 1.54) is 0 Å². The fourth-order valence-electron chi connectivity index (χ4n) is 1.51. The zero-order valence-corrected chi connectivity index (χ0v) is 10.9. The molecule has 5 heteroatoms.